The van der Waals surface area contributed by atoms with Crippen LogP contribution >= 0.6 is 11.6 Å². The van der Waals surface area contributed by atoms with Crippen LogP contribution in [0.2, 0.25) is 0 Å². The van der Waals surface area contributed by atoms with Crippen LogP contribution in [0, 0.1) is 0 Å². The zero-order valence-corrected chi connectivity index (χ0v) is 10.1. The molecule has 0 unspecified atom stereocenters. The normalized spacial score (nSPS) is 11.9. The van der Waals surface area contributed by atoms with Crippen LogP contribution < -0.4 is 0 Å². The molecule has 15 heavy (non-hydrogen) atoms. The van der Waals surface area contributed by atoms with Crippen molar-refractivity contribution in [2.45, 2.75) is 25.8 Å². The van der Waals surface area contributed by atoms with Gasteiger partial charge >= 0.3 is 0 Å². The molecule has 1 heterocycles. The summed E-state index contributed by atoms with van der Waals surface area (Å²) in [5.74, 6) is 0.623. The highest BCUT2D eigenvalue weighted by molar-refractivity contribution is 7.91. The maximum Gasteiger partial charge on any atom is 0.152 e. The number of hydrogen-bond acceptors (Lipinski definition) is 4. The van der Waals surface area contributed by atoms with Crippen molar-refractivity contribution in [2.24, 2.45) is 0 Å². The van der Waals surface area contributed by atoms with Gasteiger partial charge in [-0.3, -0.25) is 4.68 Å². The molecule has 1 aromatic heterocycles. The number of alkyl halides is 1. The molecule has 0 spiro atoms. The molecular formula is C8H14ClN3O2S. The van der Waals surface area contributed by atoms with Crippen molar-refractivity contribution >= 4 is 21.4 Å². The average molecular weight is 252 g/mol. The highest BCUT2D eigenvalue weighted by atomic mass is 35.5. The fraction of sp³-hybridized carbons (Fsp3) is 0.750. The first-order valence-corrected chi connectivity index (χ1v) is 7.08. The second kappa shape index (κ2) is 5.46. The summed E-state index contributed by atoms with van der Waals surface area (Å²) < 4.78 is 24.3. The molecule has 0 saturated heterocycles. The van der Waals surface area contributed by atoms with Crippen LogP contribution in [0.1, 0.15) is 19.0 Å². The summed E-state index contributed by atoms with van der Waals surface area (Å²) in [5.41, 5.74) is 0.657. The molecule has 0 atom stereocenters. The Hall–Kier alpha value is -0.620. The summed E-state index contributed by atoms with van der Waals surface area (Å²) in [6.45, 7) is 2.19. The third kappa shape index (κ3) is 4.17. The van der Waals surface area contributed by atoms with Crippen molar-refractivity contribution in [1.29, 1.82) is 0 Å². The van der Waals surface area contributed by atoms with E-state index in [0.29, 0.717) is 24.5 Å². The molecule has 0 saturated carbocycles. The molecule has 0 aliphatic carbocycles. The molecule has 86 valence electrons. The molecule has 0 aliphatic heterocycles. The zero-order valence-electron chi connectivity index (χ0n) is 8.56. The largest absolute Gasteiger partial charge is 0.251 e. The number of halogens is 1. The Labute approximate surface area is 94.3 Å². The summed E-state index contributed by atoms with van der Waals surface area (Å²) >= 11 is 5.55. The predicted molar refractivity (Wildman–Crippen MR) is 58.5 cm³/mol. The van der Waals surface area contributed by atoms with Gasteiger partial charge in [0, 0.05) is 11.9 Å². The van der Waals surface area contributed by atoms with Gasteiger partial charge in [0.25, 0.3) is 0 Å². The first-order valence-electron chi connectivity index (χ1n) is 4.73. The smallest absolute Gasteiger partial charge is 0.152 e. The third-order valence-electron chi connectivity index (χ3n) is 1.87. The first-order chi connectivity index (χ1) is 7.07. The van der Waals surface area contributed by atoms with Gasteiger partial charge in [-0.25, -0.2) is 8.42 Å². The molecule has 0 fully saturated rings. The van der Waals surface area contributed by atoms with Gasteiger partial charge in [-0.15, -0.1) is 16.7 Å². The standard InChI is InChI=1S/C8H14ClN3O2S/c1-2-4-15(13,14)5-3-12-7-8(6-9)10-11-12/h7H,2-6H2,1H3. The number of rotatable bonds is 6. The van der Waals surface area contributed by atoms with Crippen LogP contribution in [-0.2, 0) is 22.3 Å². The van der Waals surface area contributed by atoms with Crippen molar-refractivity contribution in [3.63, 3.8) is 0 Å². The third-order valence-corrected chi connectivity index (χ3v) is 3.98. The van der Waals surface area contributed by atoms with Crippen molar-refractivity contribution in [3.8, 4) is 0 Å². The minimum atomic E-state index is -2.95. The van der Waals surface area contributed by atoms with Crippen molar-refractivity contribution in [2.75, 3.05) is 11.5 Å². The zero-order chi connectivity index (χ0) is 11.3. The SMILES string of the molecule is CCCS(=O)(=O)CCn1cc(CCl)nn1. The lowest BCUT2D eigenvalue weighted by atomic mass is 10.5. The monoisotopic (exact) mass is 251 g/mol. The molecule has 0 radical (unpaired) electrons. The van der Waals surface area contributed by atoms with E-state index in [9.17, 15) is 8.42 Å². The molecule has 1 aromatic rings. The van der Waals surface area contributed by atoms with E-state index in [2.05, 4.69) is 10.3 Å². The maximum absolute atomic E-state index is 11.4. The predicted octanol–water partition coefficient (Wildman–Crippen LogP) is 0.842. The topological polar surface area (TPSA) is 64.8 Å². The van der Waals surface area contributed by atoms with E-state index in [1.54, 1.807) is 6.20 Å². The number of aryl methyl sites for hydroxylation is 1. The van der Waals surface area contributed by atoms with Gasteiger partial charge in [0.1, 0.15) is 0 Å². The quantitative estimate of drug-likeness (QED) is 0.703. The molecular weight excluding hydrogens is 238 g/mol. The Morgan fingerprint density at radius 3 is 2.73 bits per heavy atom. The minimum absolute atomic E-state index is 0.103. The van der Waals surface area contributed by atoms with Crippen LogP contribution in [0.4, 0.5) is 0 Å². The van der Waals surface area contributed by atoms with Crippen molar-refractivity contribution < 1.29 is 8.42 Å². The fourth-order valence-corrected chi connectivity index (χ4v) is 2.57. The lowest BCUT2D eigenvalue weighted by molar-refractivity contribution is 0.574. The fourth-order valence-electron chi connectivity index (χ4n) is 1.15. The van der Waals surface area contributed by atoms with Gasteiger partial charge in [-0.05, 0) is 6.42 Å². The summed E-state index contributed by atoms with van der Waals surface area (Å²) in [6.07, 6.45) is 2.31. The lowest BCUT2D eigenvalue weighted by Gasteiger charge is -2.01. The van der Waals surface area contributed by atoms with E-state index in [1.807, 2.05) is 6.92 Å². The van der Waals surface area contributed by atoms with Crippen LogP contribution in [0.3, 0.4) is 0 Å². The summed E-state index contributed by atoms with van der Waals surface area (Å²) in [7, 11) is -2.95. The van der Waals surface area contributed by atoms with Crippen molar-refractivity contribution in [3.05, 3.63) is 11.9 Å². The minimum Gasteiger partial charge on any atom is -0.251 e. The van der Waals surface area contributed by atoms with Gasteiger partial charge in [0.2, 0.25) is 0 Å². The van der Waals surface area contributed by atoms with Gasteiger partial charge < -0.3 is 0 Å². The molecule has 0 N–H and O–H groups in total. The highest BCUT2D eigenvalue weighted by Crippen LogP contribution is 1.99. The van der Waals surface area contributed by atoms with Gasteiger partial charge in [0.15, 0.2) is 9.84 Å². The second-order valence-corrected chi connectivity index (χ2v) is 5.83. The molecule has 1 rings (SSSR count). The number of hydrogen-bond donors (Lipinski definition) is 0. The number of aromatic nitrogens is 3. The number of nitrogens with zero attached hydrogens (tertiary/aromatic N) is 3. The maximum atomic E-state index is 11.4. The Kier molecular flexibility index (Phi) is 4.53. The number of sulfone groups is 1. The van der Waals surface area contributed by atoms with E-state index in [4.69, 9.17) is 11.6 Å². The van der Waals surface area contributed by atoms with Gasteiger partial charge in [-0.1, -0.05) is 12.1 Å². The van der Waals surface area contributed by atoms with Crippen LogP contribution in [-0.4, -0.2) is 34.9 Å². The lowest BCUT2D eigenvalue weighted by Crippen LogP contribution is -2.16. The van der Waals surface area contributed by atoms with Gasteiger partial charge in [0.05, 0.1) is 23.9 Å². The van der Waals surface area contributed by atoms with E-state index in [1.165, 1.54) is 4.68 Å². The Morgan fingerprint density at radius 2 is 2.20 bits per heavy atom. The molecule has 0 aliphatic rings. The molecule has 0 amide bonds. The van der Waals surface area contributed by atoms with E-state index in [-0.39, 0.29) is 11.5 Å². The van der Waals surface area contributed by atoms with E-state index >= 15 is 0 Å². The Bertz CT molecular complexity index is 402. The summed E-state index contributed by atoms with van der Waals surface area (Å²) in [5, 5.41) is 7.54. The second-order valence-electron chi connectivity index (χ2n) is 3.26. The van der Waals surface area contributed by atoms with Crippen LogP contribution in [0.25, 0.3) is 0 Å². The summed E-state index contributed by atoms with van der Waals surface area (Å²) in [6, 6.07) is 0. The van der Waals surface area contributed by atoms with E-state index < -0.39 is 9.84 Å². The molecule has 0 bridgehead atoms. The average Bonchev–Trinajstić information content (AvgIpc) is 2.62. The first kappa shape index (κ1) is 12.4. The Balaban J connectivity index is 2.50. The summed E-state index contributed by atoms with van der Waals surface area (Å²) in [4.78, 5) is 0. The van der Waals surface area contributed by atoms with Crippen LogP contribution in [0.5, 0.6) is 0 Å². The highest BCUT2D eigenvalue weighted by Gasteiger charge is 2.10. The molecule has 5 nitrogen and oxygen atoms in total. The molecule has 0 aromatic carbocycles. The van der Waals surface area contributed by atoms with Crippen molar-refractivity contribution in [1.82, 2.24) is 15.0 Å². The Morgan fingerprint density at radius 1 is 1.47 bits per heavy atom. The van der Waals surface area contributed by atoms with E-state index in [0.717, 1.165) is 0 Å². The molecule has 7 heteroatoms. The van der Waals surface area contributed by atoms with Crippen LogP contribution in [0.15, 0.2) is 6.20 Å². The van der Waals surface area contributed by atoms with Gasteiger partial charge in [-0.2, -0.15) is 0 Å².